The number of nitrogens with one attached hydrogen (secondary N) is 2. The summed E-state index contributed by atoms with van der Waals surface area (Å²) in [4.78, 5) is 30.9. The zero-order valence-corrected chi connectivity index (χ0v) is 22.6. The Morgan fingerprint density at radius 1 is 1.03 bits per heavy atom. The molecule has 0 saturated heterocycles. The number of carbonyl (C=O) groups excluding carboxylic acids is 2. The second-order valence-corrected chi connectivity index (χ2v) is 9.69. The Kier molecular flexibility index (Phi) is 10.8. The fourth-order valence-electron chi connectivity index (χ4n) is 4.95. The predicted molar refractivity (Wildman–Crippen MR) is 150 cm³/mol. The fraction of sp³-hybridized carbons (Fsp3) is 0.533. The summed E-state index contributed by atoms with van der Waals surface area (Å²) in [6.07, 6.45) is 4.78. The molecule has 0 aliphatic carbocycles. The maximum Gasteiger partial charge on any atom is 0.253 e. The lowest BCUT2D eigenvalue weighted by molar-refractivity contribution is -0.120. The van der Waals surface area contributed by atoms with Crippen LogP contribution in [0.3, 0.4) is 0 Å². The first-order valence-electron chi connectivity index (χ1n) is 13.8. The lowest BCUT2D eigenvalue weighted by Crippen LogP contribution is -2.36. The van der Waals surface area contributed by atoms with Crippen LogP contribution in [0, 0.1) is 5.92 Å². The number of anilines is 2. The van der Waals surface area contributed by atoms with Crippen molar-refractivity contribution in [1.29, 1.82) is 0 Å². The van der Waals surface area contributed by atoms with Crippen molar-refractivity contribution >= 4 is 23.2 Å². The number of nitrogens with zero attached hydrogens (tertiary/aromatic N) is 2. The van der Waals surface area contributed by atoms with Gasteiger partial charge >= 0.3 is 0 Å². The molecular formula is C30H44N4O2. The van der Waals surface area contributed by atoms with Crippen LogP contribution in [0.4, 0.5) is 11.4 Å². The number of hydrogen-bond donors (Lipinski definition) is 2. The number of fused-ring (bicyclic) bond motifs is 1. The zero-order valence-electron chi connectivity index (χ0n) is 22.6. The molecule has 6 nitrogen and oxygen atoms in total. The molecule has 1 aliphatic rings. The molecule has 2 aromatic carbocycles. The Balaban J connectivity index is 1.82. The number of amides is 2. The van der Waals surface area contributed by atoms with Crippen molar-refractivity contribution in [3.63, 3.8) is 0 Å². The van der Waals surface area contributed by atoms with Gasteiger partial charge in [-0.1, -0.05) is 64.8 Å². The van der Waals surface area contributed by atoms with Crippen LogP contribution in [0.5, 0.6) is 0 Å². The van der Waals surface area contributed by atoms with Crippen LogP contribution in [0.2, 0.25) is 0 Å². The van der Waals surface area contributed by atoms with E-state index in [-0.39, 0.29) is 17.7 Å². The third kappa shape index (κ3) is 7.33. The van der Waals surface area contributed by atoms with E-state index >= 15 is 0 Å². The summed E-state index contributed by atoms with van der Waals surface area (Å²) >= 11 is 0. The van der Waals surface area contributed by atoms with Crippen LogP contribution in [0.25, 0.3) is 0 Å². The largest absolute Gasteiger partial charge is 0.366 e. The van der Waals surface area contributed by atoms with Gasteiger partial charge in [-0.2, -0.15) is 0 Å². The maximum atomic E-state index is 13.4. The molecule has 6 heteroatoms. The van der Waals surface area contributed by atoms with Crippen molar-refractivity contribution < 1.29 is 9.59 Å². The summed E-state index contributed by atoms with van der Waals surface area (Å²) in [5.41, 5.74) is 4.90. The molecule has 1 aliphatic heterocycles. The average molecular weight is 493 g/mol. The monoisotopic (exact) mass is 492 g/mol. The lowest BCUT2D eigenvalue weighted by atomic mass is 9.97. The van der Waals surface area contributed by atoms with Crippen LogP contribution in [0.1, 0.15) is 74.9 Å². The first-order valence-corrected chi connectivity index (χ1v) is 13.8. The Hall–Kier alpha value is -2.86. The van der Waals surface area contributed by atoms with E-state index in [4.69, 9.17) is 0 Å². The number of rotatable bonds is 13. The SMILES string of the molecule is CCCCC(CC)C(=O)Nc1ccc(N2CCc3ccccc3C2)c(C(=O)NCCN(CC)CC)c1. The number of likely N-dealkylation sites (N-methyl/N-ethyl adjacent to an activating group) is 1. The number of benzene rings is 2. The van der Waals surface area contributed by atoms with E-state index in [0.29, 0.717) is 17.8 Å². The molecule has 0 radical (unpaired) electrons. The van der Waals surface area contributed by atoms with Gasteiger partial charge in [0.1, 0.15) is 0 Å². The molecule has 0 spiro atoms. The molecule has 2 amide bonds. The smallest absolute Gasteiger partial charge is 0.253 e. The minimum atomic E-state index is -0.0925. The molecule has 3 rings (SSSR count). The molecule has 0 fully saturated rings. The summed E-state index contributed by atoms with van der Waals surface area (Å²) in [7, 11) is 0. The summed E-state index contributed by atoms with van der Waals surface area (Å²) < 4.78 is 0. The van der Waals surface area contributed by atoms with E-state index in [1.54, 1.807) is 0 Å². The average Bonchev–Trinajstić information content (AvgIpc) is 2.91. The molecule has 36 heavy (non-hydrogen) atoms. The lowest BCUT2D eigenvalue weighted by Gasteiger charge is -2.32. The van der Waals surface area contributed by atoms with Gasteiger partial charge in [0.05, 0.1) is 5.56 Å². The van der Waals surface area contributed by atoms with Crippen molar-refractivity contribution in [2.24, 2.45) is 5.92 Å². The molecule has 1 heterocycles. The van der Waals surface area contributed by atoms with Crippen LogP contribution in [-0.4, -0.2) is 49.4 Å². The topological polar surface area (TPSA) is 64.7 Å². The van der Waals surface area contributed by atoms with E-state index in [9.17, 15) is 9.59 Å². The molecule has 196 valence electrons. The van der Waals surface area contributed by atoms with Crippen molar-refractivity contribution in [3.05, 3.63) is 59.2 Å². The van der Waals surface area contributed by atoms with Gasteiger partial charge in [0.15, 0.2) is 0 Å². The Bertz CT molecular complexity index is 1000. The molecular weight excluding hydrogens is 448 g/mol. The second-order valence-electron chi connectivity index (χ2n) is 9.69. The van der Waals surface area contributed by atoms with E-state index in [2.05, 4.69) is 72.4 Å². The number of carbonyl (C=O) groups is 2. The first kappa shape index (κ1) is 27.7. The predicted octanol–water partition coefficient (Wildman–Crippen LogP) is 5.48. The zero-order chi connectivity index (χ0) is 25.9. The van der Waals surface area contributed by atoms with Crippen molar-refractivity contribution in [2.45, 2.75) is 66.3 Å². The normalized spacial score (nSPS) is 13.9. The third-order valence-corrected chi connectivity index (χ3v) is 7.36. The summed E-state index contributed by atoms with van der Waals surface area (Å²) in [6.45, 7) is 13.4. The third-order valence-electron chi connectivity index (χ3n) is 7.36. The minimum Gasteiger partial charge on any atom is -0.366 e. The summed E-state index contributed by atoms with van der Waals surface area (Å²) in [5, 5.41) is 6.21. The highest BCUT2D eigenvalue weighted by atomic mass is 16.2. The van der Waals surface area contributed by atoms with Crippen LogP contribution < -0.4 is 15.5 Å². The van der Waals surface area contributed by atoms with Crippen molar-refractivity contribution in [3.8, 4) is 0 Å². The van der Waals surface area contributed by atoms with E-state index in [1.165, 1.54) is 11.1 Å². The molecule has 2 aromatic rings. The highest BCUT2D eigenvalue weighted by Gasteiger charge is 2.23. The second kappa shape index (κ2) is 14.0. The van der Waals surface area contributed by atoms with Gasteiger partial charge in [-0.3, -0.25) is 9.59 Å². The van der Waals surface area contributed by atoms with Crippen LogP contribution >= 0.6 is 0 Å². The molecule has 2 N–H and O–H groups in total. The molecule has 1 atom stereocenters. The van der Waals surface area contributed by atoms with Crippen molar-refractivity contribution in [2.75, 3.05) is 42.9 Å². The van der Waals surface area contributed by atoms with Gasteiger partial charge in [0, 0.05) is 43.5 Å². The summed E-state index contributed by atoms with van der Waals surface area (Å²) in [6, 6.07) is 14.3. The number of hydrogen-bond acceptors (Lipinski definition) is 4. The Labute approximate surface area is 217 Å². The summed E-state index contributed by atoms with van der Waals surface area (Å²) in [5.74, 6) is -0.0572. The quantitative estimate of drug-likeness (QED) is 0.389. The number of unbranched alkanes of at least 4 members (excludes halogenated alkanes) is 1. The van der Waals surface area contributed by atoms with Gasteiger partial charge in [0.2, 0.25) is 5.91 Å². The van der Waals surface area contributed by atoms with Gasteiger partial charge < -0.3 is 20.4 Å². The standard InChI is InChI=1S/C30H44N4O2/c1-5-9-12-23(6-2)29(35)32-26-15-16-28(34-19-17-24-13-10-11-14-25(24)22-34)27(21-26)30(36)31-18-20-33(7-3)8-4/h10-11,13-16,21,23H,5-9,12,17-20,22H2,1-4H3,(H,31,36)(H,32,35). The van der Waals surface area contributed by atoms with Crippen LogP contribution in [-0.2, 0) is 17.8 Å². The van der Waals surface area contributed by atoms with E-state index in [0.717, 1.165) is 70.5 Å². The highest BCUT2D eigenvalue weighted by molar-refractivity contribution is 6.02. The maximum absolute atomic E-state index is 13.4. The van der Waals surface area contributed by atoms with E-state index < -0.39 is 0 Å². The van der Waals surface area contributed by atoms with Gasteiger partial charge in [-0.25, -0.2) is 0 Å². The van der Waals surface area contributed by atoms with Crippen molar-refractivity contribution in [1.82, 2.24) is 10.2 Å². The van der Waals surface area contributed by atoms with Gasteiger partial charge in [0.25, 0.3) is 5.91 Å². The fourth-order valence-corrected chi connectivity index (χ4v) is 4.95. The van der Waals surface area contributed by atoms with Crippen LogP contribution in [0.15, 0.2) is 42.5 Å². The minimum absolute atomic E-state index is 0.00503. The first-order chi connectivity index (χ1) is 17.5. The molecule has 0 saturated carbocycles. The Morgan fingerprint density at radius 3 is 2.47 bits per heavy atom. The molecule has 1 unspecified atom stereocenters. The Morgan fingerprint density at radius 2 is 1.78 bits per heavy atom. The van der Waals surface area contributed by atoms with Gasteiger partial charge in [-0.05, 0) is 61.7 Å². The molecule has 0 bridgehead atoms. The van der Waals surface area contributed by atoms with Gasteiger partial charge in [-0.15, -0.1) is 0 Å². The highest BCUT2D eigenvalue weighted by Crippen LogP contribution is 2.30. The molecule has 0 aromatic heterocycles. The van der Waals surface area contributed by atoms with E-state index in [1.807, 2.05) is 18.2 Å².